The van der Waals surface area contributed by atoms with Gasteiger partial charge in [-0.3, -0.25) is 9.48 Å². The van der Waals surface area contributed by atoms with Crippen LogP contribution in [0.1, 0.15) is 43.6 Å². The number of carbonyl (C=O) groups excluding carboxylic acids is 1. The molecule has 6 heteroatoms. The first-order valence-corrected chi connectivity index (χ1v) is 6.74. The van der Waals surface area contributed by atoms with Crippen LogP contribution in [0.5, 0.6) is 0 Å². The van der Waals surface area contributed by atoms with E-state index in [0.717, 1.165) is 17.0 Å². The van der Waals surface area contributed by atoms with Gasteiger partial charge in [-0.2, -0.15) is 5.10 Å². The molecule has 1 atom stereocenters. The molecule has 6 nitrogen and oxygen atoms in total. The Balaban J connectivity index is 2.66. The van der Waals surface area contributed by atoms with Crippen molar-refractivity contribution in [2.45, 2.75) is 52.5 Å². The highest BCUT2D eigenvalue weighted by molar-refractivity contribution is 5.86. The molecular weight excluding hydrogens is 258 g/mol. The Morgan fingerprint density at radius 1 is 1.40 bits per heavy atom. The summed E-state index contributed by atoms with van der Waals surface area (Å²) in [5.74, 6) is -1.26. The van der Waals surface area contributed by atoms with Gasteiger partial charge in [-0.05, 0) is 39.2 Å². The van der Waals surface area contributed by atoms with Gasteiger partial charge < -0.3 is 10.4 Å². The van der Waals surface area contributed by atoms with Crippen molar-refractivity contribution >= 4 is 11.9 Å². The van der Waals surface area contributed by atoms with Crippen LogP contribution in [0.2, 0.25) is 0 Å². The number of hydrogen-bond acceptors (Lipinski definition) is 3. The Labute approximate surface area is 119 Å². The summed E-state index contributed by atoms with van der Waals surface area (Å²) in [5.41, 5.74) is 1.80. The SMILES string of the molecule is CCC(C)(NC(=O)CCc1c(C)nn(C)c1C)C(=O)O. The third-order valence-electron chi connectivity index (χ3n) is 3.86. The fourth-order valence-corrected chi connectivity index (χ4v) is 2.08. The Hall–Kier alpha value is -1.85. The van der Waals surface area contributed by atoms with E-state index in [1.54, 1.807) is 11.6 Å². The van der Waals surface area contributed by atoms with Crippen molar-refractivity contribution < 1.29 is 14.7 Å². The van der Waals surface area contributed by atoms with Gasteiger partial charge in [0.25, 0.3) is 0 Å². The van der Waals surface area contributed by atoms with Gasteiger partial charge in [0, 0.05) is 19.2 Å². The number of rotatable bonds is 6. The summed E-state index contributed by atoms with van der Waals surface area (Å²) in [6, 6.07) is 0. The Bertz CT molecular complexity index is 522. The number of aromatic nitrogens is 2. The molecule has 1 heterocycles. The summed E-state index contributed by atoms with van der Waals surface area (Å²) in [6.45, 7) is 7.13. The van der Waals surface area contributed by atoms with Gasteiger partial charge in [-0.25, -0.2) is 4.79 Å². The molecule has 1 unspecified atom stereocenters. The lowest BCUT2D eigenvalue weighted by Gasteiger charge is -2.24. The summed E-state index contributed by atoms with van der Waals surface area (Å²) in [4.78, 5) is 23.1. The molecule has 0 saturated carbocycles. The summed E-state index contributed by atoms with van der Waals surface area (Å²) in [5, 5.41) is 16.0. The molecule has 0 aliphatic carbocycles. The molecule has 0 radical (unpaired) electrons. The van der Waals surface area contributed by atoms with E-state index >= 15 is 0 Å². The molecule has 2 N–H and O–H groups in total. The molecule has 0 aromatic carbocycles. The molecule has 0 spiro atoms. The molecule has 0 bridgehead atoms. The predicted molar refractivity (Wildman–Crippen MR) is 75.5 cm³/mol. The monoisotopic (exact) mass is 281 g/mol. The Morgan fingerprint density at radius 2 is 2.00 bits per heavy atom. The molecule has 0 aliphatic rings. The molecule has 1 amide bonds. The predicted octanol–water partition coefficient (Wildman–Crippen LogP) is 1.34. The van der Waals surface area contributed by atoms with Crippen LogP contribution < -0.4 is 5.32 Å². The number of nitrogens with zero attached hydrogens (tertiary/aromatic N) is 2. The average Bonchev–Trinajstić information content (AvgIpc) is 2.61. The van der Waals surface area contributed by atoms with Crippen LogP contribution in [0.4, 0.5) is 0 Å². The molecule has 20 heavy (non-hydrogen) atoms. The maximum Gasteiger partial charge on any atom is 0.329 e. The number of carboxylic acids is 1. The first kappa shape index (κ1) is 16.2. The van der Waals surface area contributed by atoms with E-state index in [9.17, 15) is 9.59 Å². The van der Waals surface area contributed by atoms with E-state index in [2.05, 4.69) is 10.4 Å². The Kier molecular flexibility index (Phi) is 4.92. The van der Waals surface area contributed by atoms with Crippen LogP contribution in [-0.2, 0) is 23.1 Å². The first-order chi connectivity index (χ1) is 9.21. The number of hydrogen-bond donors (Lipinski definition) is 2. The van der Waals surface area contributed by atoms with Crippen molar-refractivity contribution in [3.05, 3.63) is 17.0 Å². The minimum atomic E-state index is -1.20. The third-order valence-corrected chi connectivity index (χ3v) is 3.86. The first-order valence-electron chi connectivity index (χ1n) is 6.74. The van der Waals surface area contributed by atoms with Crippen LogP contribution in [0.15, 0.2) is 0 Å². The van der Waals surface area contributed by atoms with Crippen LogP contribution in [0.3, 0.4) is 0 Å². The molecule has 0 aliphatic heterocycles. The van der Waals surface area contributed by atoms with Crippen molar-refractivity contribution in [2.75, 3.05) is 0 Å². The molecule has 1 aromatic heterocycles. The lowest BCUT2D eigenvalue weighted by molar-refractivity contribution is -0.147. The molecule has 1 aromatic rings. The summed E-state index contributed by atoms with van der Waals surface area (Å²) in [6.07, 6.45) is 1.17. The lowest BCUT2D eigenvalue weighted by atomic mass is 9.98. The van der Waals surface area contributed by atoms with Crippen molar-refractivity contribution in [3.8, 4) is 0 Å². The summed E-state index contributed by atoms with van der Waals surface area (Å²) in [7, 11) is 1.87. The number of carbonyl (C=O) groups is 2. The topological polar surface area (TPSA) is 84.2 Å². The molecule has 0 fully saturated rings. The fraction of sp³-hybridized carbons (Fsp3) is 0.643. The van der Waals surface area contributed by atoms with Crippen molar-refractivity contribution in [2.24, 2.45) is 7.05 Å². The standard InChI is InChI=1S/C14H23N3O3/c1-6-14(4,13(19)20)15-12(18)8-7-11-9(2)16-17(5)10(11)3/h6-8H2,1-5H3,(H,15,18)(H,19,20). The highest BCUT2D eigenvalue weighted by atomic mass is 16.4. The average molecular weight is 281 g/mol. The van der Waals surface area contributed by atoms with Gasteiger partial charge in [-0.1, -0.05) is 6.92 Å². The minimum Gasteiger partial charge on any atom is -0.480 e. The fourth-order valence-electron chi connectivity index (χ4n) is 2.08. The van der Waals surface area contributed by atoms with E-state index in [-0.39, 0.29) is 12.3 Å². The second-order valence-corrected chi connectivity index (χ2v) is 5.31. The highest BCUT2D eigenvalue weighted by Gasteiger charge is 2.32. The molecule has 0 saturated heterocycles. The minimum absolute atomic E-state index is 0.251. The second kappa shape index (κ2) is 6.07. The zero-order valence-electron chi connectivity index (χ0n) is 12.8. The summed E-state index contributed by atoms with van der Waals surface area (Å²) < 4.78 is 1.79. The van der Waals surface area contributed by atoms with Gasteiger partial charge in [0.2, 0.25) is 5.91 Å². The van der Waals surface area contributed by atoms with E-state index < -0.39 is 11.5 Å². The zero-order valence-corrected chi connectivity index (χ0v) is 12.8. The molecule has 112 valence electrons. The number of aliphatic carboxylic acids is 1. The molecule has 1 rings (SSSR count). The number of nitrogens with one attached hydrogen (secondary N) is 1. The van der Waals surface area contributed by atoms with Crippen LogP contribution >= 0.6 is 0 Å². The third kappa shape index (κ3) is 3.37. The quantitative estimate of drug-likeness (QED) is 0.824. The highest BCUT2D eigenvalue weighted by Crippen LogP contribution is 2.15. The van der Waals surface area contributed by atoms with Gasteiger partial charge in [0.15, 0.2) is 0 Å². The number of carboxylic acid groups (broad SMARTS) is 1. The van der Waals surface area contributed by atoms with Crippen LogP contribution in [0.25, 0.3) is 0 Å². The number of amides is 1. The maximum absolute atomic E-state index is 11.9. The lowest BCUT2D eigenvalue weighted by Crippen LogP contribution is -2.51. The maximum atomic E-state index is 11.9. The van der Waals surface area contributed by atoms with Gasteiger partial charge in [-0.15, -0.1) is 0 Å². The van der Waals surface area contributed by atoms with Gasteiger partial charge in [0.05, 0.1) is 5.69 Å². The van der Waals surface area contributed by atoms with Gasteiger partial charge in [0.1, 0.15) is 5.54 Å². The van der Waals surface area contributed by atoms with Crippen molar-refractivity contribution in [1.82, 2.24) is 15.1 Å². The van der Waals surface area contributed by atoms with Crippen molar-refractivity contribution in [3.63, 3.8) is 0 Å². The van der Waals surface area contributed by atoms with E-state index in [1.807, 2.05) is 20.9 Å². The second-order valence-electron chi connectivity index (χ2n) is 5.31. The van der Waals surface area contributed by atoms with E-state index in [0.29, 0.717) is 12.8 Å². The van der Waals surface area contributed by atoms with Crippen LogP contribution in [0, 0.1) is 13.8 Å². The molecular formula is C14H23N3O3. The zero-order chi connectivity index (χ0) is 15.5. The van der Waals surface area contributed by atoms with E-state index in [4.69, 9.17) is 5.11 Å². The van der Waals surface area contributed by atoms with Gasteiger partial charge >= 0.3 is 5.97 Å². The normalized spacial score (nSPS) is 13.8. The summed E-state index contributed by atoms with van der Waals surface area (Å²) >= 11 is 0. The van der Waals surface area contributed by atoms with Crippen molar-refractivity contribution in [1.29, 1.82) is 0 Å². The number of aryl methyl sites for hydroxylation is 2. The van der Waals surface area contributed by atoms with Crippen LogP contribution in [-0.4, -0.2) is 32.3 Å². The smallest absolute Gasteiger partial charge is 0.329 e. The largest absolute Gasteiger partial charge is 0.480 e. The Morgan fingerprint density at radius 3 is 2.40 bits per heavy atom. The van der Waals surface area contributed by atoms with E-state index in [1.165, 1.54) is 6.92 Å².